The van der Waals surface area contributed by atoms with E-state index in [1.54, 1.807) is 14.0 Å². The number of aryl methyl sites for hydroxylation is 2. The highest BCUT2D eigenvalue weighted by Crippen LogP contribution is 2.15. The highest BCUT2D eigenvalue weighted by molar-refractivity contribution is 5.21. The van der Waals surface area contributed by atoms with Crippen LogP contribution in [-0.4, -0.2) is 24.9 Å². The second-order valence-corrected chi connectivity index (χ2v) is 3.16. The minimum absolute atomic E-state index is 0.365. The number of aromatic nitrogens is 1. The Morgan fingerprint density at radius 3 is 2.69 bits per heavy atom. The average Bonchev–Trinajstić information content (AvgIpc) is 2.36. The van der Waals surface area contributed by atoms with Gasteiger partial charge in [0.05, 0.1) is 5.69 Å². The summed E-state index contributed by atoms with van der Waals surface area (Å²) >= 11 is 0. The van der Waals surface area contributed by atoms with E-state index in [-0.39, 0.29) is 0 Å². The van der Waals surface area contributed by atoms with Gasteiger partial charge in [0.2, 0.25) is 0 Å². The molecule has 1 heterocycles. The molecule has 0 saturated carbocycles. The molecule has 0 aliphatic carbocycles. The lowest BCUT2D eigenvalue weighted by molar-refractivity contribution is 0.322. The fourth-order valence-electron chi connectivity index (χ4n) is 1.31. The molecule has 0 aliphatic heterocycles. The summed E-state index contributed by atoms with van der Waals surface area (Å²) in [6.07, 6.45) is -0.496. The Balaban J connectivity index is 2.62. The number of halogens is 1. The maximum atomic E-state index is 13.2. The van der Waals surface area contributed by atoms with Crippen LogP contribution in [0.3, 0.4) is 0 Å². The number of rotatable bonds is 4. The van der Waals surface area contributed by atoms with Crippen molar-refractivity contribution in [2.24, 2.45) is 0 Å². The largest absolute Gasteiger partial charge is 0.361 e. The molecule has 1 aromatic heterocycles. The second-order valence-electron chi connectivity index (χ2n) is 3.16. The number of nitrogens with zero attached hydrogens (tertiary/aromatic N) is 1. The van der Waals surface area contributed by atoms with Crippen LogP contribution in [0.5, 0.6) is 0 Å². The quantitative estimate of drug-likeness (QED) is 0.772. The van der Waals surface area contributed by atoms with Gasteiger partial charge in [-0.1, -0.05) is 5.16 Å². The molecule has 0 spiro atoms. The zero-order valence-corrected chi connectivity index (χ0v) is 8.22. The van der Waals surface area contributed by atoms with Crippen LogP contribution in [0.2, 0.25) is 0 Å². The van der Waals surface area contributed by atoms with Gasteiger partial charge < -0.3 is 9.84 Å². The first kappa shape index (κ1) is 10.2. The van der Waals surface area contributed by atoms with Gasteiger partial charge in [-0.05, 0) is 20.9 Å². The van der Waals surface area contributed by atoms with Gasteiger partial charge in [-0.15, -0.1) is 0 Å². The smallest absolute Gasteiger partial charge is 0.137 e. The molecule has 0 saturated heterocycles. The molecule has 0 aromatic carbocycles. The standard InChI is InChI=1S/C9H15FN2O/c1-6-9(7(2)13-12-6)4-8(10)5-11-3/h8,11H,4-5H2,1-3H3. The van der Waals surface area contributed by atoms with Crippen molar-refractivity contribution in [2.75, 3.05) is 13.6 Å². The van der Waals surface area contributed by atoms with E-state index >= 15 is 0 Å². The van der Waals surface area contributed by atoms with Gasteiger partial charge in [0, 0.05) is 18.5 Å². The molecule has 1 rings (SSSR count). The van der Waals surface area contributed by atoms with Crippen molar-refractivity contribution in [2.45, 2.75) is 26.4 Å². The first-order valence-electron chi connectivity index (χ1n) is 4.35. The predicted octanol–water partition coefficient (Wildman–Crippen LogP) is 1.39. The van der Waals surface area contributed by atoms with Crippen LogP contribution in [0.25, 0.3) is 0 Å². The van der Waals surface area contributed by atoms with E-state index in [1.165, 1.54) is 0 Å². The average molecular weight is 186 g/mol. The zero-order valence-electron chi connectivity index (χ0n) is 8.22. The maximum absolute atomic E-state index is 13.2. The summed E-state index contributed by atoms with van der Waals surface area (Å²) in [5.74, 6) is 0.719. The molecule has 0 radical (unpaired) electrons. The van der Waals surface area contributed by atoms with Crippen LogP contribution in [0, 0.1) is 13.8 Å². The highest BCUT2D eigenvalue weighted by atomic mass is 19.1. The van der Waals surface area contributed by atoms with Gasteiger partial charge in [-0.3, -0.25) is 0 Å². The lowest BCUT2D eigenvalue weighted by Crippen LogP contribution is -2.22. The van der Waals surface area contributed by atoms with E-state index in [1.807, 2.05) is 6.92 Å². The van der Waals surface area contributed by atoms with Crippen LogP contribution < -0.4 is 5.32 Å². The van der Waals surface area contributed by atoms with E-state index < -0.39 is 6.17 Å². The summed E-state index contributed by atoms with van der Waals surface area (Å²) in [7, 11) is 1.74. The first-order chi connectivity index (χ1) is 6.15. The van der Waals surface area contributed by atoms with Gasteiger partial charge >= 0.3 is 0 Å². The molecule has 0 aliphatic rings. The van der Waals surface area contributed by atoms with E-state index in [0.717, 1.165) is 17.0 Å². The number of alkyl halides is 1. The lowest BCUT2D eigenvalue weighted by atomic mass is 10.1. The number of hydrogen-bond donors (Lipinski definition) is 1. The molecule has 0 bridgehead atoms. The molecular formula is C9H15FN2O. The molecule has 4 heteroatoms. The molecule has 1 aromatic rings. The maximum Gasteiger partial charge on any atom is 0.137 e. The molecule has 13 heavy (non-hydrogen) atoms. The van der Waals surface area contributed by atoms with E-state index in [2.05, 4.69) is 10.5 Å². The van der Waals surface area contributed by atoms with Crippen LogP contribution in [0.4, 0.5) is 4.39 Å². The Morgan fingerprint density at radius 2 is 2.23 bits per heavy atom. The monoisotopic (exact) mass is 186 g/mol. The van der Waals surface area contributed by atoms with Crippen molar-refractivity contribution < 1.29 is 8.91 Å². The summed E-state index contributed by atoms with van der Waals surface area (Å²) in [5, 5.41) is 6.56. The normalized spacial score (nSPS) is 13.2. The van der Waals surface area contributed by atoms with Crippen molar-refractivity contribution in [3.63, 3.8) is 0 Å². The summed E-state index contributed by atoms with van der Waals surface area (Å²) in [6.45, 7) is 4.00. The van der Waals surface area contributed by atoms with Crippen LogP contribution in [-0.2, 0) is 6.42 Å². The van der Waals surface area contributed by atoms with Gasteiger partial charge in [-0.25, -0.2) is 4.39 Å². The molecule has 1 unspecified atom stereocenters. The van der Waals surface area contributed by atoms with Gasteiger partial charge in [0.1, 0.15) is 11.9 Å². The third kappa shape index (κ3) is 2.52. The van der Waals surface area contributed by atoms with Crippen molar-refractivity contribution in [3.05, 3.63) is 17.0 Å². The van der Waals surface area contributed by atoms with E-state index in [9.17, 15) is 4.39 Å². The Hall–Kier alpha value is -0.900. The molecular weight excluding hydrogens is 171 g/mol. The molecule has 0 amide bonds. The summed E-state index contributed by atoms with van der Waals surface area (Å²) in [5.41, 5.74) is 1.68. The van der Waals surface area contributed by atoms with Gasteiger partial charge in [0.15, 0.2) is 0 Å². The Bertz CT molecular complexity index is 253. The number of nitrogens with one attached hydrogen (secondary N) is 1. The van der Waals surface area contributed by atoms with Crippen molar-refractivity contribution in [3.8, 4) is 0 Å². The third-order valence-corrected chi connectivity index (χ3v) is 2.03. The van der Waals surface area contributed by atoms with Crippen LogP contribution >= 0.6 is 0 Å². The molecule has 3 nitrogen and oxygen atoms in total. The SMILES string of the molecule is CNCC(F)Cc1c(C)noc1C. The molecule has 0 fully saturated rings. The lowest BCUT2D eigenvalue weighted by Gasteiger charge is -2.06. The fourth-order valence-corrected chi connectivity index (χ4v) is 1.31. The summed E-state index contributed by atoms with van der Waals surface area (Å²) in [4.78, 5) is 0. The van der Waals surface area contributed by atoms with Crippen molar-refractivity contribution in [1.82, 2.24) is 10.5 Å². The first-order valence-corrected chi connectivity index (χ1v) is 4.35. The van der Waals surface area contributed by atoms with Crippen molar-refractivity contribution >= 4 is 0 Å². The Morgan fingerprint density at radius 1 is 1.54 bits per heavy atom. The highest BCUT2D eigenvalue weighted by Gasteiger charge is 2.14. The van der Waals surface area contributed by atoms with Crippen LogP contribution in [0.1, 0.15) is 17.0 Å². The molecule has 1 N–H and O–H groups in total. The molecule has 74 valence electrons. The predicted molar refractivity (Wildman–Crippen MR) is 48.5 cm³/mol. The van der Waals surface area contributed by atoms with Crippen molar-refractivity contribution in [1.29, 1.82) is 0 Å². The number of hydrogen-bond acceptors (Lipinski definition) is 3. The zero-order chi connectivity index (χ0) is 9.84. The Kier molecular flexibility index (Phi) is 3.42. The second kappa shape index (κ2) is 4.37. The third-order valence-electron chi connectivity index (χ3n) is 2.03. The minimum atomic E-state index is -0.873. The van der Waals surface area contributed by atoms with Gasteiger partial charge in [-0.2, -0.15) is 0 Å². The summed E-state index contributed by atoms with van der Waals surface area (Å²) < 4.78 is 18.1. The van der Waals surface area contributed by atoms with E-state index in [0.29, 0.717) is 13.0 Å². The minimum Gasteiger partial charge on any atom is -0.361 e. The van der Waals surface area contributed by atoms with Crippen LogP contribution in [0.15, 0.2) is 4.52 Å². The fraction of sp³-hybridized carbons (Fsp3) is 0.667. The topological polar surface area (TPSA) is 38.1 Å². The van der Waals surface area contributed by atoms with E-state index in [4.69, 9.17) is 4.52 Å². The molecule has 1 atom stereocenters. The van der Waals surface area contributed by atoms with Gasteiger partial charge in [0.25, 0.3) is 0 Å². The summed E-state index contributed by atoms with van der Waals surface area (Å²) in [6, 6.07) is 0. The Labute approximate surface area is 77.3 Å².